The maximum absolute atomic E-state index is 12.2. The SMILES string of the molecule is CN(CC(=O)Nc1nc2c(s1)CCCCC2)c1ccccc1. The number of aryl methyl sites for hydroxylation is 2. The lowest BCUT2D eigenvalue weighted by Gasteiger charge is -2.18. The molecule has 1 aliphatic rings. The highest BCUT2D eigenvalue weighted by atomic mass is 32.1. The Hall–Kier alpha value is -1.88. The monoisotopic (exact) mass is 315 g/mol. The standard InChI is InChI=1S/C17H21N3OS/c1-20(13-8-4-2-5-9-13)12-16(21)19-17-18-14-10-6-3-7-11-15(14)22-17/h2,4-5,8-9H,3,6-7,10-12H2,1H3,(H,18,19,21). The summed E-state index contributed by atoms with van der Waals surface area (Å²) in [5, 5.41) is 3.70. The molecule has 0 unspecified atom stereocenters. The predicted molar refractivity (Wildman–Crippen MR) is 91.7 cm³/mol. The second kappa shape index (κ2) is 6.92. The summed E-state index contributed by atoms with van der Waals surface area (Å²) in [6.07, 6.45) is 5.88. The average Bonchev–Trinajstić information content (AvgIpc) is 2.76. The van der Waals surface area contributed by atoms with Gasteiger partial charge in [-0.15, -0.1) is 11.3 Å². The molecule has 22 heavy (non-hydrogen) atoms. The Morgan fingerprint density at radius 2 is 2.00 bits per heavy atom. The van der Waals surface area contributed by atoms with Crippen LogP contribution in [0, 0.1) is 0 Å². The average molecular weight is 315 g/mol. The summed E-state index contributed by atoms with van der Waals surface area (Å²) in [5.74, 6) is -0.0183. The molecular weight excluding hydrogens is 294 g/mol. The molecule has 116 valence electrons. The van der Waals surface area contributed by atoms with E-state index in [1.54, 1.807) is 11.3 Å². The summed E-state index contributed by atoms with van der Waals surface area (Å²) in [7, 11) is 1.92. The molecule has 0 atom stereocenters. The Kier molecular flexibility index (Phi) is 4.73. The lowest BCUT2D eigenvalue weighted by atomic mass is 10.2. The van der Waals surface area contributed by atoms with E-state index < -0.39 is 0 Å². The second-order valence-corrected chi connectivity index (χ2v) is 6.77. The molecule has 1 aromatic carbocycles. The van der Waals surface area contributed by atoms with Crippen molar-refractivity contribution in [2.24, 2.45) is 0 Å². The highest BCUT2D eigenvalue weighted by Crippen LogP contribution is 2.28. The minimum Gasteiger partial charge on any atom is -0.365 e. The van der Waals surface area contributed by atoms with Crippen LogP contribution in [0.5, 0.6) is 0 Å². The van der Waals surface area contributed by atoms with Gasteiger partial charge in [-0.1, -0.05) is 24.6 Å². The quantitative estimate of drug-likeness (QED) is 0.879. The smallest absolute Gasteiger partial charge is 0.245 e. The van der Waals surface area contributed by atoms with Gasteiger partial charge in [-0.25, -0.2) is 4.98 Å². The van der Waals surface area contributed by atoms with E-state index in [0.29, 0.717) is 6.54 Å². The molecule has 0 fully saturated rings. The second-order valence-electron chi connectivity index (χ2n) is 5.69. The Morgan fingerprint density at radius 1 is 1.23 bits per heavy atom. The number of fused-ring (bicyclic) bond motifs is 1. The number of carbonyl (C=O) groups excluding carboxylic acids is 1. The van der Waals surface area contributed by atoms with Gasteiger partial charge in [0.05, 0.1) is 12.2 Å². The van der Waals surface area contributed by atoms with Crippen LogP contribution in [0.25, 0.3) is 0 Å². The Balaban J connectivity index is 1.60. The molecule has 4 nitrogen and oxygen atoms in total. The van der Waals surface area contributed by atoms with E-state index in [1.807, 2.05) is 42.3 Å². The number of nitrogens with zero attached hydrogens (tertiary/aromatic N) is 2. The van der Waals surface area contributed by atoms with E-state index in [0.717, 1.165) is 23.7 Å². The van der Waals surface area contributed by atoms with Crippen molar-refractivity contribution < 1.29 is 4.79 Å². The van der Waals surface area contributed by atoms with Crippen LogP contribution in [0.1, 0.15) is 29.8 Å². The Labute approximate surface area is 135 Å². The summed E-state index contributed by atoms with van der Waals surface area (Å²) in [5.41, 5.74) is 2.22. The highest BCUT2D eigenvalue weighted by Gasteiger charge is 2.16. The number of likely N-dealkylation sites (N-methyl/N-ethyl adjacent to an activating group) is 1. The van der Waals surface area contributed by atoms with Gasteiger partial charge in [0.2, 0.25) is 5.91 Å². The molecule has 0 saturated heterocycles. The highest BCUT2D eigenvalue weighted by molar-refractivity contribution is 7.15. The summed E-state index contributed by atoms with van der Waals surface area (Å²) in [6.45, 7) is 0.328. The van der Waals surface area contributed by atoms with Crippen LogP contribution in [0.15, 0.2) is 30.3 Å². The van der Waals surface area contributed by atoms with Gasteiger partial charge in [0, 0.05) is 17.6 Å². The summed E-state index contributed by atoms with van der Waals surface area (Å²) < 4.78 is 0. The van der Waals surface area contributed by atoms with E-state index in [1.165, 1.54) is 29.8 Å². The van der Waals surface area contributed by atoms with Gasteiger partial charge in [0.1, 0.15) is 0 Å². The van der Waals surface area contributed by atoms with Gasteiger partial charge in [0.25, 0.3) is 0 Å². The van der Waals surface area contributed by atoms with E-state index in [9.17, 15) is 4.79 Å². The number of anilines is 2. The van der Waals surface area contributed by atoms with Crippen LogP contribution in [-0.2, 0) is 17.6 Å². The third kappa shape index (κ3) is 3.65. The van der Waals surface area contributed by atoms with Gasteiger partial charge in [-0.2, -0.15) is 0 Å². The molecule has 1 N–H and O–H groups in total. The van der Waals surface area contributed by atoms with Gasteiger partial charge in [-0.05, 0) is 37.8 Å². The molecule has 0 radical (unpaired) electrons. The number of carbonyl (C=O) groups is 1. The number of amides is 1. The fourth-order valence-electron chi connectivity index (χ4n) is 2.73. The van der Waals surface area contributed by atoms with Crippen molar-refractivity contribution >= 4 is 28.1 Å². The number of nitrogens with one attached hydrogen (secondary N) is 1. The maximum Gasteiger partial charge on any atom is 0.245 e. The van der Waals surface area contributed by atoms with Crippen molar-refractivity contribution in [3.8, 4) is 0 Å². The fraction of sp³-hybridized carbons (Fsp3) is 0.412. The molecule has 3 rings (SSSR count). The van der Waals surface area contributed by atoms with Crippen LogP contribution in [-0.4, -0.2) is 24.5 Å². The minimum atomic E-state index is -0.0183. The molecule has 2 aromatic rings. The van der Waals surface area contributed by atoms with E-state index in [-0.39, 0.29) is 5.91 Å². The van der Waals surface area contributed by atoms with Crippen LogP contribution >= 0.6 is 11.3 Å². The first-order valence-electron chi connectivity index (χ1n) is 7.77. The van der Waals surface area contributed by atoms with E-state index >= 15 is 0 Å². The molecule has 0 bridgehead atoms. The number of thiazole rings is 1. The first kappa shape index (κ1) is 15.0. The summed E-state index contributed by atoms with van der Waals surface area (Å²) in [4.78, 5) is 20.1. The van der Waals surface area contributed by atoms with Gasteiger partial charge >= 0.3 is 0 Å². The zero-order valence-corrected chi connectivity index (χ0v) is 13.7. The first-order chi connectivity index (χ1) is 10.7. The maximum atomic E-state index is 12.2. The minimum absolute atomic E-state index is 0.0183. The van der Waals surface area contributed by atoms with Gasteiger partial charge in [-0.3, -0.25) is 4.79 Å². The normalized spacial score (nSPS) is 14.0. The van der Waals surface area contributed by atoms with Crippen molar-refractivity contribution in [3.05, 3.63) is 40.9 Å². The topological polar surface area (TPSA) is 45.2 Å². The molecule has 1 amide bonds. The number of benzene rings is 1. The largest absolute Gasteiger partial charge is 0.365 e. The third-order valence-corrected chi connectivity index (χ3v) is 4.99. The van der Waals surface area contributed by atoms with Crippen LogP contribution in [0.3, 0.4) is 0 Å². The summed E-state index contributed by atoms with van der Waals surface area (Å²) >= 11 is 1.64. The lowest BCUT2D eigenvalue weighted by molar-refractivity contribution is -0.114. The first-order valence-corrected chi connectivity index (χ1v) is 8.58. The molecule has 1 aliphatic carbocycles. The number of aromatic nitrogens is 1. The Morgan fingerprint density at radius 3 is 2.82 bits per heavy atom. The predicted octanol–water partition coefficient (Wildman–Crippen LogP) is 3.49. The van der Waals surface area contributed by atoms with Crippen molar-refractivity contribution in [1.82, 2.24) is 4.98 Å². The zero-order chi connectivity index (χ0) is 15.4. The molecule has 0 spiro atoms. The molecule has 0 saturated carbocycles. The molecule has 1 aromatic heterocycles. The van der Waals surface area contributed by atoms with Crippen molar-refractivity contribution in [2.75, 3.05) is 23.8 Å². The van der Waals surface area contributed by atoms with E-state index in [2.05, 4.69) is 10.3 Å². The van der Waals surface area contributed by atoms with Crippen LogP contribution in [0.2, 0.25) is 0 Å². The number of hydrogen-bond donors (Lipinski definition) is 1. The van der Waals surface area contributed by atoms with Gasteiger partial charge < -0.3 is 10.2 Å². The van der Waals surface area contributed by atoms with Crippen molar-refractivity contribution in [1.29, 1.82) is 0 Å². The number of hydrogen-bond acceptors (Lipinski definition) is 4. The summed E-state index contributed by atoms with van der Waals surface area (Å²) in [6, 6.07) is 9.92. The number of para-hydroxylation sites is 1. The Bertz CT molecular complexity index is 615. The van der Waals surface area contributed by atoms with Crippen molar-refractivity contribution in [2.45, 2.75) is 32.1 Å². The molecule has 0 aliphatic heterocycles. The zero-order valence-electron chi connectivity index (χ0n) is 12.8. The molecule has 1 heterocycles. The van der Waals surface area contributed by atoms with Crippen LogP contribution < -0.4 is 10.2 Å². The number of rotatable bonds is 4. The fourth-order valence-corrected chi connectivity index (χ4v) is 3.80. The van der Waals surface area contributed by atoms with E-state index in [4.69, 9.17) is 0 Å². The van der Waals surface area contributed by atoms with Gasteiger partial charge in [0.15, 0.2) is 5.13 Å². The molecule has 5 heteroatoms. The molecular formula is C17H21N3OS. The lowest BCUT2D eigenvalue weighted by Crippen LogP contribution is -2.29. The van der Waals surface area contributed by atoms with Crippen LogP contribution in [0.4, 0.5) is 10.8 Å². The van der Waals surface area contributed by atoms with Crippen molar-refractivity contribution in [3.63, 3.8) is 0 Å². The third-order valence-electron chi connectivity index (χ3n) is 3.92.